The first-order valence-electron chi connectivity index (χ1n) is 6.23. The number of aromatic nitrogens is 1. The van der Waals surface area contributed by atoms with Gasteiger partial charge in [-0.1, -0.05) is 6.92 Å². The number of methoxy groups -OCH3 is 1. The van der Waals surface area contributed by atoms with Gasteiger partial charge in [-0.3, -0.25) is 0 Å². The lowest BCUT2D eigenvalue weighted by molar-refractivity contribution is 0.0595. The summed E-state index contributed by atoms with van der Waals surface area (Å²) in [4.78, 5) is 17.9. The molecule has 0 bridgehead atoms. The number of carbonyl (C=O) groups excluding carboxylic acids is 1. The zero-order valence-corrected chi connectivity index (χ0v) is 11.6. The summed E-state index contributed by atoms with van der Waals surface area (Å²) in [6, 6.07) is 0. The van der Waals surface area contributed by atoms with E-state index in [0.717, 1.165) is 24.8 Å². The number of rotatable bonds is 5. The number of likely N-dealkylation sites (tertiary alicyclic amines) is 1. The van der Waals surface area contributed by atoms with Gasteiger partial charge in [0, 0.05) is 18.5 Å². The van der Waals surface area contributed by atoms with E-state index < -0.39 is 0 Å². The smallest absolute Gasteiger partial charge is 0.357 e. The van der Waals surface area contributed by atoms with Gasteiger partial charge < -0.3 is 15.0 Å². The Kier molecular flexibility index (Phi) is 4.54. The molecule has 2 heterocycles. The quantitative estimate of drug-likeness (QED) is 0.824. The number of ether oxygens (including phenoxy) is 1. The monoisotopic (exact) mass is 269 g/mol. The maximum Gasteiger partial charge on any atom is 0.357 e. The van der Waals surface area contributed by atoms with Crippen LogP contribution in [0.5, 0.6) is 0 Å². The van der Waals surface area contributed by atoms with Crippen molar-refractivity contribution >= 4 is 22.4 Å². The van der Waals surface area contributed by atoms with Gasteiger partial charge in [-0.05, 0) is 25.4 Å². The van der Waals surface area contributed by atoms with Crippen molar-refractivity contribution in [3.63, 3.8) is 0 Å². The molecule has 1 fully saturated rings. The van der Waals surface area contributed by atoms with Crippen molar-refractivity contribution in [2.75, 3.05) is 38.6 Å². The molecule has 2 rings (SSSR count). The van der Waals surface area contributed by atoms with E-state index in [1.807, 2.05) is 0 Å². The van der Waals surface area contributed by atoms with Crippen LogP contribution in [0.2, 0.25) is 0 Å². The molecule has 100 valence electrons. The molecule has 1 aromatic heterocycles. The molecule has 0 aromatic carbocycles. The van der Waals surface area contributed by atoms with Gasteiger partial charge in [0.1, 0.15) is 0 Å². The van der Waals surface area contributed by atoms with Crippen LogP contribution >= 0.6 is 11.3 Å². The highest BCUT2D eigenvalue weighted by atomic mass is 32.1. The Bertz CT molecular complexity index is 408. The lowest BCUT2D eigenvalue weighted by Crippen LogP contribution is -2.22. The van der Waals surface area contributed by atoms with E-state index in [2.05, 4.69) is 26.9 Å². The number of esters is 1. The van der Waals surface area contributed by atoms with Crippen LogP contribution in [0, 0.1) is 5.92 Å². The Morgan fingerprint density at radius 3 is 3.22 bits per heavy atom. The fraction of sp³-hybridized carbons (Fsp3) is 0.667. The van der Waals surface area contributed by atoms with E-state index in [1.54, 1.807) is 5.38 Å². The van der Waals surface area contributed by atoms with Crippen LogP contribution in [0.4, 0.5) is 5.13 Å². The lowest BCUT2D eigenvalue weighted by atomic mass is 10.1. The molecule has 1 aliphatic rings. The minimum Gasteiger partial charge on any atom is -0.464 e. The molecule has 0 spiro atoms. The molecule has 18 heavy (non-hydrogen) atoms. The first kappa shape index (κ1) is 13.3. The van der Waals surface area contributed by atoms with E-state index in [1.165, 1.54) is 31.4 Å². The second-order valence-electron chi connectivity index (χ2n) is 4.46. The molecule has 0 aliphatic carbocycles. The molecule has 1 unspecified atom stereocenters. The highest BCUT2D eigenvalue weighted by Gasteiger charge is 2.21. The van der Waals surface area contributed by atoms with Gasteiger partial charge in [0.05, 0.1) is 7.11 Å². The summed E-state index contributed by atoms with van der Waals surface area (Å²) >= 11 is 1.45. The number of anilines is 1. The first-order valence-corrected chi connectivity index (χ1v) is 7.11. The van der Waals surface area contributed by atoms with E-state index in [-0.39, 0.29) is 5.97 Å². The van der Waals surface area contributed by atoms with Gasteiger partial charge in [-0.2, -0.15) is 0 Å². The third-order valence-corrected chi connectivity index (χ3v) is 4.06. The molecule has 1 saturated heterocycles. The molecule has 1 atom stereocenters. The van der Waals surface area contributed by atoms with Crippen LogP contribution in [-0.4, -0.2) is 49.1 Å². The predicted molar refractivity (Wildman–Crippen MR) is 72.2 cm³/mol. The maximum absolute atomic E-state index is 11.3. The van der Waals surface area contributed by atoms with Gasteiger partial charge in [0.15, 0.2) is 10.8 Å². The average Bonchev–Trinajstić information content (AvgIpc) is 3.04. The second-order valence-corrected chi connectivity index (χ2v) is 5.32. The average molecular weight is 269 g/mol. The van der Waals surface area contributed by atoms with Crippen LogP contribution < -0.4 is 5.32 Å². The Morgan fingerprint density at radius 2 is 2.56 bits per heavy atom. The predicted octanol–water partition coefficient (Wildman–Crippen LogP) is 1.68. The topological polar surface area (TPSA) is 54.5 Å². The molecular formula is C12H19N3O2S. The van der Waals surface area contributed by atoms with Crippen LogP contribution in [-0.2, 0) is 4.74 Å². The Labute approximate surface area is 111 Å². The van der Waals surface area contributed by atoms with Gasteiger partial charge in [0.25, 0.3) is 0 Å². The summed E-state index contributed by atoms with van der Waals surface area (Å²) in [5.41, 5.74) is 0.381. The normalized spacial score (nSPS) is 20.0. The van der Waals surface area contributed by atoms with E-state index >= 15 is 0 Å². The Hall–Kier alpha value is -1.14. The summed E-state index contributed by atoms with van der Waals surface area (Å²) in [7, 11) is 1.37. The molecule has 0 amide bonds. The number of hydrogen-bond acceptors (Lipinski definition) is 6. The van der Waals surface area contributed by atoms with Crippen molar-refractivity contribution in [1.82, 2.24) is 9.88 Å². The van der Waals surface area contributed by atoms with Gasteiger partial charge in [0.2, 0.25) is 0 Å². The van der Waals surface area contributed by atoms with Crippen LogP contribution in [0.3, 0.4) is 0 Å². The summed E-state index contributed by atoms with van der Waals surface area (Å²) in [5, 5.41) is 5.82. The zero-order chi connectivity index (χ0) is 13.0. The van der Waals surface area contributed by atoms with Gasteiger partial charge in [-0.15, -0.1) is 11.3 Å². The highest BCUT2D eigenvalue weighted by molar-refractivity contribution is 7.13. The molecule has 1 N–H and O–H groups in total. The largest absolute Gasteiger partial charge is 0.464 e. The molecule has 0 radical (unpaired) electrons. The molecule has 0 saturated carbocycles. The number of nitrogens with zero attached hydrogens (tertiary/aromatic N) is 2. The summed E-state index contributed by atoms with van der Waals surface area (Å²) < 4.78 is 4.63. The van der Waals surface area contributed by atoms with E-state index in [4.69, 9.17) is 0 Å². The second kappa shape index (κ2) is 6.15. The van der Waals surface area contributed by atoms with Gasteiger partial charge >= 0.3 is 5.97 Å². The van der Waals surface area contributed by atoms with Crippen molar-refractivity contribution in [2.45, 2.75) is 13.3 Å². The first-order chi connectivity index (χ1) is 8.72. The van der Waals surface area contributed by atoms with Crippen molar-refractivity contribution < 1.29 is 9.53 Å². The summed E-state index contributed by atoms with van der Waals surface area (Å²) in [6.45, 7) is 6.58. The fourth-order valence-corrected chi connectivity index (χ4v) is 2.84. The fourth-order valence-electron chi connectivity index (χ4n) is 2.15. The Morgan fingerprint density at radius 1 is 1.72 bits per heavy atom. The molecule has 5 nitrogen and oxygen atoms in total. The van der Waals surface area contributed by atoms with Crippen LogP contribution in [0.15, 0.2) is 5.38 Å². The van der Waals surface area contributed by atoms with Crippen LogP contribution in [0.25, 0.3) is 0 Å². The van der Waals surface area contributed by atoms with Crippen molar-refractivity contribution in [3.8, 4) is 0 Å². The van der Waals surface area contributed by atoms with Crippen LogP contribution in [0.1, 0.15) is 23.8 Å². The van der Waals surface area contributed by atoms with E-state index in [0.29, 0.717) is 11.6 Å². The Balaban J connectivity index is 1.80. The summed E-state index contributed by atoms with van der Waals surface area (Å²) in [6.07, 6.45) is 1.23. The van der Waals surface area contributed by atoms with Crippen molar-refractivity contribution in [2.24, 2.45) is 5.92 Å². The third-order valence-electron chi connectivity index (χ3n) is 3.26. The van der Waals surface area contributed by atoms with E-state index in [9.17, 15) is 4.79 Å². The van der Waals surface area contributed by atoms with Crippen molar-refractivity contribution in [3.05, 3.63) is 11.1 Å². The number of carbonyl (C=O) groups is 1. The highest BCUT2D eigenvalue weighted by Crippen LogP contribution is 2.19. The standard InChI is InChI=1S/C12H19N3O2S/c1-3-15-5-4-9(7-15)6-13-12-14-10(8-18-12)11(16)17-2/h8-9H,3-7H2,1-2H3,(H,13,14). The lowest BCUT2D eigenvalue weighted by Gasteiger charge is -2.13. The van der Waals surface area contributed by atoms with Gasteiger partial charge in [-0.25, -0.2) is 9.78 Å². The zero-order valence-electron chi connectivity index (χ0n) is 10.8. The third kappa shape index (κ3) is 3.20. The molecular weight excluding hydrogens is 250 g/mol. The number of hydrogen-bond donors (Lipinski definition) is 1. The minimum atomic E-state index is -0.377. The SMILES string of the molecule is CCN1CCC(CNc2nc(C(=O)OC)cs2)C1. The number of nitrogens with one attached hydrogen (secondary N) is 1. The molecule has 1 aliphatic heterocycles. The minimum absolute atomic E-state index is 0.377. The summed E-state index contributed by atoms with van der Waals surface area (Å²) in [5.74, 6) is 0.299. The molecule has 1 aromatic rings. The maximum atomic E-state index is 11.3. The van der Waals surface area contributed by atoms with Crippen molar-refractivity contribution in [1.29, 1.82) is 0 Å². The number of thiazole rings is 1. The molecule has 6 heteroatoms.